The zero-order valence-corrected chi connectivity index (χ0v) is 18.5. The van der Waals surface area contributed by atoms with Gasteiger partial charge in [-0.25, -0.2) is 0 Å². The van der Waals surface area contributed by atoms with Gasteiger partial charge in [-0.1, -0.05) is 33.1 Å². The molecule has 3 rings (SSSR count). The van der Waals surface area contributed by atoms with E-state index in [1.54, 1.807) is 0 Å². The van der Waals surface area contributed by atoms with Crippen molar-refractivity contribution in [3.63, 3.8) is 0 Å². The monoisotopic (exact) mass is 402 g/mol. The summed E-state index contributed by atoms with van der Waals surface area (Å²) in [7, 11) is 1.90. The van der Waals surface area contributed by atoms with Crippen LogP contribution < -0.4 is 5.32 Å². The van der Waals surface area contributed by atoms with Crippen LogP contribution in [0.25, 0.3) is 0 Å². The first-order chi connectivity index (χ1) is 13.9. The molecule has 1 spiro atoms. The van der Waals surface area contributed by atoms with E-state index in [9.17, 15) is 9.59 Å². The molecule has 29 heavy (non-hydrogen) atoms. The van der Waals surface area contributed by atoms with E-state index in [-0.39, 0.29) is 17.4 Å². The lowest BCUT2D eigenvalue weighted by molar-refractivity contribution is -0.125. The maximum Gasteiger partial charge on any atom is 0.270 e. The first-order valence-electron chi connectivity index (χ1n) is 11.3. The SMILES string of the molecule is CC(C)CN1CCCN(C(=O)c2cccn2C)CCNC(=O)CC12CCCCC2. The molecule has 2 fully saturated rings. The standard InChI is InChI=1S/C23H38N4O2/c1-19(2)18-27-15-8-14-26(22(29)20-9-7-13-25(20)3)16-12-24-21(28)17-23(27)10-5-4-6-11-23/h7,9,13,19H,4-6,8,10-12,14-18H2,1-3H3,(H,24,28). The third-order valence-electron chi connectivity index (χ3n) is 6.54. The van der Waals surface area contributed by atoms with Gasteiger partial charge in [-0.3, -0.25) is 14.5 Å². The van der Waals surface area contributed by atoms with Gasteiger partial charge in [0.15, 0.2) is 0 Å². The Kier molecular flexibility index (Phi) is 7.38. The summed E-state index contributed by atoms with van der Waals surface area (Å²) >= 11 is 0. The maximum absolute atomic E-state index is 13.0. The van der Waals surface area contributed by atoms with E-state index in [0.29, 0.717) is 31.1 Å². The average molecular weight is 403 g/mol. The first kappa shape index (κ1) is 21.9. The van der Waals surface area contributed by atoms with E-state index in [2.05, 4.69) is 24.1 Å². The lowest BCUT2D eigenvalue weighted by atomic mass is 9.77. The molecule has 1 saturated heterocycles. The Bertz CT molecular complexity index is 691. The van der Waals surface area contributed by atoms with Gasteiger partial charge in [0.1, 0.15) is 5.69 Å². The largest absolute Gasteiger partial charge is 0.354 e. The Morgan fingerprint density at radius 3 is 2.55 bits per heavy atom. The fourth-order valence-electron chi connectivity index (χ4n) is 5.08. The molecule has 0 radical (unpaired) electrons. The molecule has 1 aliphatic carbocycles. The highest BCUT2D eigenvalue weighted by Crippen LogP contribution is 2.37. The Balaban J connectivity index is 1.78. The molecule has 0 bridgehead atoms. The van der Waals surface area contributed by atoms with Crippen molar-refractivity contribution in [1.29, 1.82) is 0 Å². The van der Waals surface area contributed by atoms with Crippen molar-refractivity contribution in [3.8, 4) is 0 Å². The molecule has 6 nitrogen and oxygen atoms in total. The number of nitrogens with zero attached hydrogens (tertiary/aromatic N) is 3. The van der Waals surface area contributed by atoms with Crippen molar-refractivity contribution in [2.45, 2.75) is 64.3 Å². The van der Waals surface area contributed by atoms with Crippen LogP contribution in [0.3, 0.4) is 0 Å². The molecule has 0 unspecified atom stereocenters. The minimum absolute atomic E-state index is 0.0100. The molecule has 6 heteroatoms. The molecule has 1 N–H and O–H groups in total. The molecule has 0 aromatic carbocycles. The smallest absolute Gasteiger partial charge is 0.270 e. The number of hydrogen-bond donors (Lipinski definition) is 1. The third kappa shape index (κ3) is 5.41. The Labute approximate surface area is 175 Å². The number of carbonyl (C=O) groups excluding carboxylic acids is 2. The van der Waals surface area contributed by atoms with Crippen LogP contribution in [0.4, 0.5) is 0 Å². The molecule has 0 atom stereocenters. The molecule has 2 heterocycles. The highest BCUT2D eigenvalue weighted by atomic mass is 16.2. The number of amides is 2. The van der Waals surface area contributed by atoms with E-state index in [4.69, 9.17) is 0 Å². The van der Waals surface area contributed by atoms with E-state index < -0.39 is 0 Å². The topological polar surface area (TPSA) is 57.6 Å². The Hall–Kier alpha value is -1.82. The van der Waals surface area contributed by atoms with Gasteiger partial charge in [-0.2, -0.15) is 0 Å². The minimum atomic E-state index is -0.0100. The molecule has 2 amide bonds. The molecule has 1 aromatic heterocycles. The van der Waals surface area contributed by atoms with Gasteiger partial charge in [0, 0.05) is 57.9 Å². The lowest BCUT2D eigenvalue weighted by Crippen LogP contribution is -2.54. The van der Waals surface area contributed by atoms with Crippen LogP contribution in [0, 0.1) is 5.92 Å². The van der Waals surface area contributed by atoms with Crippen molar-refractivity contribution >= 4 is 11.8 Å². The summed E-state index contributed by atoms with van der Waals surface area (Å²) in [5.41, 5.74) is 0.693. The van der Waals surface area contributed by atoms with E-state index in [1.165, 1.54) is 19.3 Å². The van der Waals surface area contributed by atoms with Crippen molar-refractivity contribution in [3.05, 3.63) is 24.0 Å². The van der Waals surface area contributed by atoms with Gasteiger partial charge >= 0.3 is 0 Å². The van der Waals surface area contributed by atoms with Gasteiger partial charge in [-0.15, -0.1) is 0 Å². The van der Waals surface area contributed by atoms with Crippen LogP contribution in [0.15, 0.2) is 18.3 Å². The fourth-order valence-corrected chi connectivity index (χ4v) is 5.08. The summed E-state index contributed by atoms with van der Waals surface area (Å²) in [5, 5.41) is 3.10. The molecular formula is C23H38N4O2. The number of hydrogen-bond acceptors (Lipinski definition) is 3. The number of nitrogens with one attached hydrogen (secondary N) is 1. The second-order valence-corrected chi connectivity index (χ2v) is 9.30. The second-order valence-electron chi connectivity index (χ2n) is 9.30. The summed E-state index contributed by atoms with van der Waals surface area (Å²) < 4.78 is 1.87. The lowest BCUT2D eigenvalue weighted by Gasteiger charge is -2.47. The number of aromatic nitrogens is 1. The van der Waals surface area contributed by atoms with Crippen molar-refractivity contribution in [2.24, 2.45) is 13.0 Å². The highest BCUT2D eigenvalue weighted by molar-refractivity contribution is 5.92. The van der Waals surface area contributed by atoms with Crippen LogP contribution in [0.2, 0.25) is 0 Å². The zero-order chi connectivity index (χ0) is 20.9. The maximum atomic E-state index is 13.0. The molecular weight excluding hydrogens is 364 g/mol. The van der Waals surface area contributed by atoms with Crippen LogP contribution >= 0.6 is 0 Å². The van der Waals surface area contributed by atoms with Crippen molar-refractivity contribution in [2.75, 3.05) is 32.7 Å². The highest BCUT2D eigenvalue weighted by Gasteiger charge is 2.40. The summed E-state index contributed by atoms with van der Waals surface area (Å²) in [6.45, 7) is 8.29. The van der Waals surface area contributed by atoms with Gasteiger partial charge in [-0.05, 0) is 37.3 Å². The van der Waals surface area contributed by atoms with E-state index in [0.717, 1.165) is 38.9 Å². The van der Waals surface area contributed by atoms with E-state index >= 15 is 0 Å². The molecule has 1 aliphatic heterocycles. The predicted octanol–water partition coefficient (Wildman–Crippen LogP) is 3.04. The van der Waals surface area contributed by atoms with Crippen molar-refractivity contribution in [1.82, 2.24) is 19.7 Å². The third-order valence-corrected chi connectivity index (χ3v) is 6.54. The fraction of sp³-hybridized carbons (Fsp3) is 0.739. The van der Waals surface area contributed by atoms with Crippen LogP contribution in [0.5, 0.6) is 0 Å². The Morgan fingerprint density at radius 1 is 1.14 bits per heavy atom. The first-order valence-corrected chi connectivity index (χ1v) is 11.3. The van der Waals surface area contributed by atoms with Gasteiger partial charge in [0.05, 0.1) is 0 Å². The zero-order valence-electron chi connectivity index (χ0n) is 18.5. The molecule has 1 aromatic rings. The normalized spacial score (nSPS) is 21.8. The quantitative estimate of drug-likeness (QED) is 0.845. The van der Waals surface area contributed by atoms with Crippen molar-refractivity contribution < 1.29 is 9.59 Å². The van der Waals surface area contributed by atoms with Crippen LogP contribution in [-0.2, 0) is 11.8 Å². The van der Waals surface area contributed by atoms with E-state index in [1.807, 2.05) is 34.8 Å². The van der Waals surface area contributed by atoms with Gasteiger partial charge in [0.25, 0.3) is 5.91 Å². The molecule has 2 aliphatic rings. The van der Waals surface area contributed by atoms with Gasteiger partial charge < -0.3 is 14.8 Å². The molecule has 162 valence electrons. The molecule has 1 saturated carbocycles. The van der Waals surface area contributed by atoms with Crippen LogP contribution in [-0.4, -0.2) is 64.4 Å². The summed E-state index contributed by atoms with van der Waals surface area (Å²) in [6, 6.07) is 3.77. The second kappa shape index (κ2) is 9.79. The summed E-state index contributed by atoms with van der Waals surface area (Å²) in [6.07, 6.45) is 9.35. The van der Waals surface area contributed by atoms with Gasteiger partial charge in [0.2, 0.25) is 5.91 Å². The Morgan fingerprint density at radius 2 is 1.90 bits per heavy atom. The number of aryl methyl sites for hydroxylation is 1. The number of carbonyl (C=O) groups is 2. The minimum Gasteiger partial charge on any atom is -0.354 e. The van der Waals surface area contributed by atoms with Crippen LogP contribution in [0.1, 0.15) is 69.3 Å². The average Bonchev–Trinajstić information content (AvgIpc) is 3.10. The summed E-state index contributed by atoms with van der Waals surface area (Å²) in [5.74, 6) is 0.741. The predicted molar refractivity (Wildman–Crippen MR) is 116 cm³/mol. The summed E-state index contributed by atoms with van der Waals surface area (Å²) in [4.78, 5) is 30.4. The number of rotatable bonds is 3.